The van der Waals surface area contributed by atoms with Gasteiger partial charge in [-0.05, 0) is 60.9 Å². The number of amides is 1. The third-order valence-corrected chi connectivity index (χ3v) is 5.22. The number of carbonyl (C=O) groups is 2. The van der Waals surface area contributed by atoms with Gasteiger partial charge in [0.2, 0.25) is 5.91 Å². The van der Waals surface area contributed by atoms with Gasteiger partial charge in [-0.1, -0.05) is 42.5 Å². The molecule has 7 nitrogen and oxygen atoms in total. The van der Waals surface area contributed by atoms with Crippen molar-refractivity contribution in [2.45, 2.75) is 32.3 Å². The van der Waals surface area contributed by atoms with Gasteiger partial charge in [-0.3, -0.25) is 9.59 Å². The molecule has 1 amide bonds. The Morgan fingerprint density at radius 1 is 0.886 bits per heavy atom. The van der Waals surface area contributed by atoms with Gasteiger partial charge in [-0.2, -0.15) is 0 Å². The first kappa shape index (κ1) is 25.8. The molecule has 0 spiro atoms. The summed E-state index contributed by atoms with van der Waals surface area (Å²) < 4.78 is 16.9. The van der Waals surface area contributed by atoms with Crippen molar-refractivity contribution in [3.63, 3.8) is 0 Å². The van der Waals surface area contributed by atoms with Crippen LogP contribution in [-0.2, 0) is 20.7 Å². The van der Waals surface area contributed by atoms with Gasteiger partial charge in [-0.15, -0.1) is 0 Å². The molecule has 0 aliphatic rings. The standard InChI is InChI=1S/C28H31NO6/c1-2-33-26(20-28(31)32)22-10-14-23(15-11-22)34-19-17-27(30)29-18-16-21-8-12-25(13-9-21)35-24-6-4-3-5-7-24/h3-15,26H,2,16-20H2,1H3,(H,29,30)(H,31,32). The van der Waals surface area contributed by atoms with Crippen LogP contribution >= 0.6 is 0 Å². The largest absolute Gasteiger partial charge is 0.493 e. The van der Waals surface area contributed by atoms with Gasteiger partial charge in [-0.25, -0.2) is 0 Å². The van der Waals surface area contributed by atoms with E-state index in [0.717, 1.165) is 29.0 Å². The first-order chi connectivity index (χ1) is 17.0. The number of hydrogen-bond acceptors (Lipinski definition) is 5. The van der Waals surface area contributed by atoms with Crippen LogP contribution in [-0.4, -0.2) is 36.7 Å². The molecule has 2 N–H and O–H groups in total. The van der Waals surface area contributed by atoms with Gasteiger partial charge in [0.15, 0.2) is 0 Å². The van der Waals surface area contributed by atoms with Gasteiger partial charge >= 0.3 is 5.97 Å². The minimum atomic E-state index is -0.913. The van der Waals surface area contributed by atoms with E-state index in [1.807, 2.05) is 61.5 Å². The number of benzene rings is 3. The molecule has 0 aromatic heterocycles. The van der Waals surface area contributed by atoms with Crippen molar-refractivity contribution < 1.29 is 28.9 Å². The molecule has 3 rings (SSSR count). The first-order valence-electron chi connectivity index (χ1n) is 11.7. The number of carbonyl (C=O) groups excluding carboxylic acids is 1. The van der Waals surface area contributed by atoms with Gasteiger partial charge in [0, 0.05) is 13.2 Å². The van der Waals surface area contributed by atoms with E-state index in [1.165, 1.54) is 0 Å². The lowest BCUT2D eigenvalue weighted by molar-refractivity contribution is -0.140. The average molecular weight is 478 g/mol. The number of ether oxygens (including phenoxy) is 3. The SMILES string of the molecule is CCOC(CC(=O)O)c1ccc(OCCC(=O)NCCc2ccc(Oc3ccccc3)cc2)cc1. The minimum Gasteiger partial charge on any atom is -0.493 e. The zero-order valence-electron chi connectivity index (χ0n) is 19.8. The lowest BCUT2D eigenvalue weighted by atomic mass is 10.1. The van der Waals surface area contributed by atoms with Crippen LogP contribution in [0, 0.1) is 0 Å². The van der Waals surface area contributed by atoms with Crippen LogP contribution in [0.5, 0.6) is 17.2 Å². The maximum Gasteiger partial charge on any atom is 0.306 e. The third-order valence-electron chi connectivity index (χ3n) is 5.22. The van der Waals surface area contributed by atoms with Gasteiger partial charge in [0.05, 0.1) is 25.6 Å². The quantitative estimate of drug-likeness (QED) is 0.333. The zero-order chi connectivity index (χ0) is 24.9. The molecule has 0 aliphatic carbocycles. The van der Waals surface area contributed by atoms with Crippen LogP contribution < -0.4 is 14.8 Å². The highest BCUT2D eigenvalue weighted by Gasteiger charge is 2.15. The lowest BCUT2D eigenvalue weighted by Gasteiger charge is -2.16. The number of carboxylic acid groups (broad SMARTS) is 1. The van der Waals surface area contributed by atoms with Crippen molar-refractivity contribution >= 4 is 11.9 Å². The highest BCUT2D eigenvalue weighted by Crippen LogP contribution is 2.24. The predicted octanol–water partition coefficient (Wildman–Crippen LogP) is 5.16. The summed E-state index contributed by atoms with van der Waals surface area (Å²) in [4.78, 5) is 23.1. The molecule has 1 unspecified atom stereocenters. The predicted molar refractivity (Wildman–Crippen MR) is 133 cm³/mol. The van der Waals surface area contributed by atoms with E-state index in [2.05, 4.69) is 5.32 Å². The average Bonchev–Trinajstić information content (AvgIpc) is 2.86. The molecule has 3 aromatic carbocycles. The Balaban J connectivity index is 1.34. The number of para-hydroxylation sites is 1. The summed E-state index contributed by atoms with van der Waals surface area (Å²) >= 11 is 0. The van der Waals surface area contributed by atoms with E-state index < -0.39 is 12.1 Å². The Labute approximate surface area is 205 Å². The molecular weight excluding hydrogens is 446 g/mol. The van der Waals surface area contributed by atoms with Crippen molar-refractivity contribution in [2.75, 3.05) is 19.8 Å². The summed E-state index contributed by atoms with van der Waals surface area (Å²) in [5.41, 5.74) is 1.88. The smallest absolute Gasteiger partial charge is 0.306 e. The molecular formula is C28H31NO6. The number of carboxylic acids is 1. The Bertz CT molecular complexity index is 1050. The molecule has 0 aliphatic heterocycles. The molecule has 0 heterocycles. The minimum absolute atomic E-state index is 0.0801. The Hall–Kier alpha value is -3.84. The van der Waals surface area contributed by atoms with Crippen molar-refractivity contribution in [3.05, 3.63) is 90.0 Å². The Morgan fingerprint density at radius 2 is 1.54 bits per heavy atom. The number of rotatable bonds is 14. The van der Waals surface area contributed by atoms with E-state index in [1.54, 1.807) is 24.3 Å². The van der Waals surface area contributed by atoms with E-state index in [9.17, 15) is 9.59 Å². The monoisotopic (exact) mass is 477 g/mol. The van der Waals surface area contributed by atoms with E-state index >= 15 is 0 Å². The fourth-order valence-electron chi connectivity index (χ4n) is 3.46. The Kier molecular flexibility index (Phi) is 10.1. The van der Waals surface area contributed by atoms with Crippen molar-refractivity contribution in [1.82, 2.24) is 5.32 Å². The molecule has 0 fully saturated rings. The van der Waals surface area contributed by atoms with Gasteiger partial charge < -0.3 is 24.6 Å². The summed E-state index contributed by atoms with van der Waals surface area (Å²) in [6.45, 7) is 3.05. The Morgan fingerprint density at radius 3 is 2.20 bits per heavy atom. The lowest BCUT2D eigenvalue weighted by Crippen LogP contribution is -2.27. The molecule has 0 saturated carbocycles. The van der Waals surface area contributed by atoms with Crippen LogP contribution in [0.25, 0.3) is 0 Å². The first-order valence-corrected chi connectivity index (χ1v) is 11.7. The van der Waals surface area contributed by atoms with Crippen LogP contribution in [0.4, 0.5) is 0 Å². The third kappa shape index (κ3) is 9.14. The summed E-state index contributed by atoms with van der Waals surface area (Å²) in [7, 11) is 0. The highest BCUT2D eigenvalue weighted by molar-refractivity contribution is 5.76. The van der Waals surface area contributed by atoms with Crippen LogP contribution in [0.3, 0.4) is 0 Å². The van der Waals surface area contributed by atoms with Gasteiger partial charge in [0.25, 0.3) is 0 Å². The second kappa shape index (κ2) is 13.8. The maximum absolute atomic E-state index is 12.1. The van der Waals surface area contributed by atoms with E-state index in [4.69, 9.17) is 19.3 Å². The van der Waals surface area contributed by atoms with Crippen molar-refractivity contribution in [2.24, 2.45) is 0 Å². The number of hydrogen-bond donors (Lipinski definition) is 2. The summed E-state index contributed by atoms with van der Waals surface area (Å²) in [6.07, 6.45) is 0.369. The second-order valence-corrected chi connectivity index (χ2v) is 7.87. The normalized spacial score (nSPS) is 11.5. The fraction of sp³-hybridized carbons (Fsp3) is 0.286. The summed E-state index contributed by atoms with van der Waals surface area (Å²) in [6, 6.07) is 24.5. The topological polar surface area (TPSA) is 94.1 Å². The van der Waals surface area contributed by atoms with E-state index in [0.29, 0.717) is 18.9 Å². The molecule has 0 bridgehead atoms. The molecule has 3 aromatic rings. The number of aliphatic carboxylic acids is 1. The number of nitrogens with one attached hydrogen (secondary N) is 1. The van der Waals surface area contributed by atoms with Crippen molar-refractivity contribution in [1.29, 1.82) is 0 Å². The van der Waals surface area contributed by atoms with Crippen molar-refractivity contribution in [3.8, 4) is 17.2 Å². The van der Waals surface area contributed by atoms with Crippen LogP contribution in [0.15, 0.2) is 78.9 Å². The second-order valence-electron chi connectivity index (χ2n) is 7.87. The van der Waals surface area contributed by atoms with Crippen LogP contribution in [0.2, 0.25) is 0 Å². The highest BCUT2D eigenvalue weighted by atomic mass is 16.5. The van der Waals surface area contributed by atoms with Gasteiger partial charge in [0.1, 0.15) is 17.2 Å². The summed E-state index contributed by atoms with van der Waals surface area (Å²) in [5, 5.41) is 11.9. The molecule has 184 valence electrons. The van der Waals surface area contributed by atoms with Crippen LogP contribution in [0.1, 0.15) is 37.0 Å². The summed E-state index contributed by atoms with van der Waals surface area (Å²) in [5.74, 6) is 1.18. The molecule has 1 atom stereocenters. The molecule has 0 saturated heterocycles. The zero-order valence-corrected chi connectivity index (χ0v) is 19.8. The maximum atomic E-state index is 12.1. The van der Waals surface area contributed by atoms with E-state index in [-0.39, 0.29) is 25.4 Å². The molecule has 7 heteroatoms. The molecule has 35 heavy (non-hydrogen) atoms. The fourth-order valence-corrected chi connectivity index (χ4v) is 3.46. The molecule has 0 radical (unpaired) electrons.